The highest BCUT2D eigenvalue weighted by Gasteiger charge is 2.25. The fourth-order valence-electron chi connectivity index (χ4n) is 3.15. The van der Waals surface area contributed by atoms with Crippen LogP contribution in [0.25, 0.3) is 0 Å². The number of amides is 2. The van der Waals surface area contributed by atoms with E-state index in [1.807, 2.05) is 49.6 Å². The van der Waals surface area contributed by atoms with Gasteiger partial charge in [-0.3, -0.25) is 14.4 Å². The van der Waals surface area contributed by atoms with Crippen molar-refractivity contribution in [2.24, 2.45) is 0 Å². The molecule has 0 unspecified atom stereocenters. The predicted molar refractivity (Wildman–Crippen MR) is 106 cm³/mol. The van der Waals surface area contributed by atoms with Gasteiger partial charge in [0.2, 0.25) is 5.91 Å². The van der Waals surface area contributed by atoms with Gasteiger partial charge in [0.15, 0.2) is 5.78 Å². The molecular formula is C21H24N2O3S. The molecule has 1 aromatic carbocycles. The van der Waals surface area contributed by atoms with Gasteiger partial charge in [-0.15, -0.1) is 11.3 Å². The Kier molecular flexibility index (Phi) is 6.06. The van der Waals surface area contributed by atoms with Crippen molar-refractivity contribution in [2.75, 3.05) is 26.2 Å². The summed E-state index contributed by atoms with van der Waals surface area (Å²) >= 11 is 1.43. The highest BCUT2D eigenvalue weighted by atomic mass is 32.1. The summed E-state index contributed by atoms with van der Waals surface area (Å²) < 4.78 is 0. The monoisotopic (exact) mass is 384 g/mol. The Bertz CT molecular complexity index is 837. The van der Waals surface area contributed by atoms with Crippen LogP contribution in [0.15, 0.2) is 35.7 Å². The number of ketones is 1. The van der Waals surface area contributed by atoms with Gasteiger partial charge in [-0.2, -0.15) is 0 Å². The molecule has 3 rings (SSSR count). The van der Waals surface area contributed by atoms with E-state index in [9.17, 15) is 14.4 Å². The lowest BCUT2D eigenvalue weighted by molar-refractivity contribution is -0.132. The Morgan fingerprint density at radius 2 is 1.63 bits per heavy atom. The van der Waals surface area contributed by atoms with E-state index in [1.54, 1.807) is 9.80 Å². The second-order valence-electron chi connectivity index (χ2n) is 6.87. The van der Waals surface area contributed by atoms with Crippen LogP contribution in [0.1, 0.15) is 44.0 Å². The van der Waals surface area contributed by atoms with Gasteiger partial charge in [0.25, 0.3) is 5.91 Å². The van der Waals surface area contributed by atoms with Crippen LogP contribution in [0.4, 0.5) is 0 Å². The second kappa shape index (κ2) is 8.48. The molecule has 0 N–H and O–H groups in total. The van der Waals surface area contributed by atoms with E-state index in [4.69, 9.17) is 0 Å². The molecule has 2 heterocycles. The van der Waals surface area contributed by atoms with E-state index in [-0.39, 0.29) is 30.4 Å². The van der Waals surface area contributed by atoms with E-state index in [2.05, 4.69) is 0 Å². The fourth-order valence-corrected chi connectivity index (χ4v) is 3.84. The largest absolute Gasteiger partial charge is 0.339 e. The molecule has 2 aromatic rings. The van der Waals surface area contributed by atoms with E-state index >= 15 is 0 Å². The Morgan fingerprint density at radius 3 is 2.26 bits per heavy atom. The summed E-state index contributed by atoms with van der Waals surface area (Å²) in [5.74, 6) is 0.00961. The zero-order valence-electron chi connectivity index (χ0n) is 15.7. The van der Waals surface area contributed by atoms with Crippen LogP contribution in [0.5, 0.6) is 0 Å². The Labute approximate surface area is 163 Å². The number of piperazine rings is 1. The van der Waals surface area contributed by atoms with Crippen LogP contribution in [0.3, 0.4) is 0 Å². The number of hydrogen-bond acceptors (Lipinski definition) is 4. The molecule has 1 aliphatic rings. The highest BCUT2D eigenvalue weighted by Crippen LogP contribution is 2.16. The zero-order chi connectivity index (χ0) is 19.4. The Morgan fingerprint density at radius 1 is 0.926 bits per heavy atom. The van der Waals surface area contributed by atoms with Crippen molar-refractivity contribution in [1.29, 1.82) is 0 Å². The molecule has 2 amide bonds. The first kappa shape index (κ1) is 19.3. The van der Waals surface area contributed by atoms with Crippen molar-refractivity contribution in [3.8, 4) is 0 Å². The highest BCUT2D eigenvalue weighted by molar-refractivity contribution is 7.12. The molecule has 0 radical (unpaired) electrons. The number of rotatable bonds is 5. The van der Waals surface area contributed by atoms with Crippen LogP contribution in [-0.4, -0.2) is 53.6 Å². The summed E-state index contributed by atoms with van der Waals surface area (Å²) in [4.78, 5) is 41.4. The summed E-state index contributed by atoms with van der Waals surface area (Å²) in [6, 6.07) is 9.34. The maximum atomic E-state index is 12.4. The van der Waals surface area contributed by atoms with Gasteiger partial charge in [-0.25, -0.2) is 0 Å². The first-order valence-corrected chi connectivity index (χ1v) is 10.0. The van der Waals surface area contributed by atoms with Gasteiger partial charge in [0.1, 0.15) is 0 Å². The fraction of sp³-hybridized carbons (Fsp3) is 0.381. The van der Waals surface area contributed by atoms with Crippen molar-refractivity contribution in [3.63, 3.8) is 0 Å². The average Bonchev–Trinajstić information content (AvgIpc) is 3.22. The minimum Gasteiger partial charge on any atom is -0.339 e. The Hall–Kier alpha value is -2.47. The SMILES string of the molecule is Cc1ccc(C(=O)CCC(=O)N2CCN(C(=O)c3cccs3)CC2)cc1C. The number of hydrogen-bond donors (Lipinski definition) is 0. The predicted octanol–water partition coefficient (Wildman–Crippen LogP) is 3.31. The van der Waals surface area contributed by atoms with E-state index in [1.165, 1.54) is 11.3 Å². The molecule has 0 bridgehead atoms. The first-order chi connectivity index (χ1) is 13.0. The number of Topliss-reactive ketones (excluding diaryl/α,β-unsaturated/α-hetero) is 1. The third-order valence-electron chi connectivity index (χ3n) is 5.05. The lowest BCUT2D eigenvalue weighted by Crippen LogP contribution is -2.50. The third kappa shape index (κ3) is 4.63. The third-order valence-corrected chi connectivity index (χ3v) is 5.90. The summed E-state index contributed by atoms with van der Waals surface area (Å²) in [6.07, 6.45) is 0.431. The number of benzene rings is 1. The summed E-state index contributed by atoms with van der Waals surface area (Å²) in [6.45, 7) is 6.10. The van der Waals surface area contributed by atoms with Gasteiger partial charge < -0.3 is 9.80 Å². The van der Waals surface area contributed by atoms with E-state index in [0.29, 0.717) is 31.7 Å². The molecule has 0 saturated carbocycles. The molecule has 5 nitrogen and oxygen atoms in total. The molecule has 27 heavy (non-hydrogen) atoms. The second-order valence-corrected chi connectivity index (χ2v) is 7.82. The first-order valence-electron chi connectivity index (χ1n) is 9.16. The molecule has 1 aliphatic heterocycles. The minimum atomic E-state index is -0.0181. The summed E-state index contributed by atoms with van der Waals surface area (Å²) in [5, 5.41) is 1.89. The van der Waals surface area contributed by atoms with Crippen molar-refractivity contribution in [2.45, 2.75) is 26.7 Å². The molecule has 0 aliphatic carbocycles. The average molecular weight is 385 g/mol. The topological polar surface area (TPSA) is 57.7 Å². The number of nitrogens with zero attached hydrogens (tertiary/aromatic N) is 2. The van der Waals surface area contributed by atoms with Crippen molar-refractivity contribution in [3.05, 3.63) is 57.3 Å². The summed E-state index contributed by atoms with van der Waals surface area (Å²) in [5.41, 5.74) is 2.90. The number of carbonyl (C=O) groups is 3. The quantitative estimate of drug-likeness (QED) is 0.743. The van der Waals surface area contributed by atoms with Gasteiger partial charge in [0.05, 0.1) is 4.88 Å². The normalized spacial score (nSPS) is 14.3. The van der Waals surface area contributed by atoms with Crippen LogP contribution >= 0.6 is 11.3 Å². The van der Waals surface area contributed by atoms with E-state index in [0.717, 1.165) is 16.0 Å². The molecular weight excluding hydrogens is 360 g/mol. The molecule has 142 valence electrons. The molecule has 0 spiro atoms. The van der Waals surface area contributed by atoms with Crippen LogP contribution < -0.4 is 0 Å². The number of thiophene rings is 1. The minimum absolute atomic E-state index is 0.00189. The van der Waals surface area contributed by atoms with Gasteiger partial charge >= 0.3 is 0 Å². The Balaban J connectivity index is 1.47. The van der Waals surface area contributed by atoms with Gasteiger partial charge in [0, 0.05) is 44.6 Å². The maximum Gasteiger partial charge on any atom is 0.264 e. The van der Waals surface area contributed by atoms with Crippen LogP contribution in [0.2, 0.25) is 0 Å². The van der Waals surface area contributed by atoms with Crippen LogP contribution in [-0.2, 0) is 4.79 Å². The molecule has 6 heteroatoms. The number of carbonyl (C=O) groups excluding carboxylic acids is 3. The maximum absolute atomic E-state index is 12.4. The lowest BCUT2D eigenvalue weighted by atomic mass is 10.0. The zero-order valence-corrected chi connectivity index (χ0v) is 16.6. The van der Waals surface area contributed by atoms with Crippen LogP contribution in [0, 0.1) is 13.8 Å². The smallest absolute Gasteiger partial charge is 0.264 e. The van der Waals surface area contributed by atoms with Crippen molar-refractivity contribution in [1.82, 2.24) is 9.80 Å². The molecule has 0 atom stereocenters. The van der Waals surface area contributed by atoms with Crippen molar-refractivity contribution >= 4 is 28.9 Å². The van der Waals surface area contributed by atoms with Gasteiger partial charge in [-0.1, -0.05) is 18.2 Å². The molecule has 1 fully saturated rings. The lowest BCUT2D eigenvalue weighted by Gasteiger charge is -2.34. The number of aryl methyl sites for hydroxylation is 2. The standard InChI is InChI=1S/C21H24N2O3S/c1-15-5-6-17(14-16(15)2)18(24)7-8-20(25)22-9-11-23(12-10-22)21(26)19-4-3-13-27-19/h3-6,13-14H,7-12H2,1-2H3. The summed E-state index contributed by atoms with van der Waals surface area (Å²) in [7, 11) is 0. The van der Waals surface area contributed by atoms with Crippen molar-refractivity contribution < 1.29 is 14.4 Å². The van der Waals surface area contributed by atoms with Gasteiger partial charge in [-0.05, 0) is 42.5 Å². The molecule has 1 saturated heterocycles. The molecule has 1 aromatic heterocycles. The van der Waals surface area contributed by atoms with E-state index < -0.39 is 0 Å².